The highest BCUT2D eigenvalue weighted by Gasteiger charge is 2.60. The van der Waals surface area contributed by atoms with E-state index in [0.29, 0.717) is 12.1 Å². The molecular formula is C22H24BrN3O3S. The highest BCUT2D eigenvalue weighted by molar-refractivity contribution is 9.10. The SMILES string of the molecule is COc1ccc(NC(=O)[C@H]2C[C@H](CCSC)N[C@]23C(=O)Nc2ccc(Br)cc23)cc1. The fraction of sp³-hybridized carbons (Fsp3) is 0.364. The smallest absolute Gasteiger partial charge is 0.250 e. The van der Waals surface area contributed by atoms with E-state index in [1.54, 1.807) is 43.1 Å². The number of rotatable bonds is 6. The number of thioether (sulfide) groups is 1. The van der Waals surface area contributed by atoms with E-state index in [-0.39, 0.29) is 17.9 Å². The summed E-state index contributed by atoms with van der Waals surface area (Å²) < 4.78 is 6.06. The van der Waals surface area contributed by atoms with Crippen LogP contribution >= 0.6 is 27.7 Å². The van der Waals surface area contributed by atoms with E-state index < -0.39 is 11.5 Å². The van der Waals surface area contributed by atoms with Crippen LogP contribution < -0.4 is 20.7 Å². The number of anilines is 2. The van der Waals surface area contributed by atoms with Crippen LogP contribution in [0.2, 0.25) is 0 Å². The van der Waals surface area contributed by atoms with Crippen molar-refractivity contribution >= 4 is 50.9 Å². The lowest BCUT2D eigenvalue weighted by molar-refractivity contribution is -0.130. The van der Waals surface area contributed by atoms with E-state index in [1.165, 1.54) is 0 Å². The van der Waals surface area contributed by atoms with Gasteiger partial charge in [0.2, 0.25) is 11.8 Å². The molecule has 3 N–H and O–H groups in total. The van der Waals surface area contributed by atoms with Crippen LogP contribution in [0.15, 0.2) is 46.9 Å². The molecule has 2 aromatic carbocycles. The zero-order chi connectivity index (χ0) is 21.3. The Labute approximate surface area is 188 Å². The van der Waals surface area contributed by atoms with Crippen molar-refractivity contribution in [3.05, 3.63) is 52.5 Å². The van der Waals surface area contributed by atoms with Crippen molar-refractivity contribution in [2.24, 2.45) is 5.92 Å². The normalized spacial score (nSPS) is 24.6. The Hall–Kier alpha value is -2.03. The van der Waals surface area contributed by atoms with Gasteiger partial charge in [-0.05, 0) is 67.3 Å². The number of hydrogen-bond donors (Lipinski definition) is 3. The molecular weight excluding hydrogens is 466 g/mol. The quantitative estimate of drug-likeness (QED) is 0.571. The van der Waals surface area contributed by atoms with E-state index >= 15 is 0 Å². The van der Waals surface area contributed by atoms with Gasteiger partial charge in [0.15, 0.2) is 0 Å². The van der Waals surface area contributed by atoms with Crippen LogP contribution in [-0.2, 0) is 15.1 Å². The molecule has 2 heterocycles. The molecule has 0 bridgehead atoms. The van der Waals surface area contributed by atoms with Gasteiger partial charge in [-0.1, -0.05) is 15.9 Å². The number of hydrogen-bond acceptors (Lipinski definition) is 5. The highest BCUT2D eigenvalue weighted by atomic mass is 79.9. The number of fused-ring (bicyclic) bond motifs is 2. The van der Waals surface area contributed by atoms with Crippen LogP contribution in [0.5, 0.6) is 5.75 Å². The number of carbonyl (C=O) groups excluding carboxylic acids is 2. The van der Waals surface area contributed by atoms with Gasteiger partial charge in [0.25, 0.3) is 0 Å². The van der Waals surface area contributed by atoms with Gasteiger partial charge in [0, 0.05) is 27.5 Å². The molecule has 4 rings (SSSR count). The largest absolute Gasteiger partial charge is 0.497 e. The van der Waals surface area contributed by atoms with Gasteiger partial charge in [-0.15, -0.1) is 0 Å². The van der Waals surface area contributed by atoms with Gasteiger partial charge in [-0.25, -0.2) is 0 Å². The molecule has 1 spiro atoms. The summed E-state index contributed by atoms with van der Waals surface area (Å²) >= 11 is 5.28. The van der Waals surface area contributed by atoms with Crippen LogP contribution in [0.4, 0.5) is 11.4 Å². The molecule has 0 saturated carbocycles. The maximum atomic E-state index is 13.4. The van der Waals surface area contributed by atoms with Crippen molar-refractivity contribution < 1.29 is 14.3 Å². The second-order valence-corrected chi connectivity index (χ2v) is 9.48. The summed E-state index contributed by atoms with van der Waals surface area (Å²) in [6, 6.07) is 13.0. The lowest BCUT2D eigenvalue weighted by atomic mass is 9.79. The molecule has 0 aromatic heterocycles. The monoisotopic (exact) mass is 489 g/mol. The molecule has 1 fully saturated rings. The third kappa shape index (κ3) is 3.72. The fourth-order valence-electron chi connectivity index (χ4n) is 4.38. The number of ether oxygens (including phenoxy) is 1. The molecule has 0 radical (unpaired) electrons. The third-order valence-electron chi connectivity index (χ3n) is 5.83. The molecule has 2 aliphatic rings. The number of halogens is 1. The maximum absolute atomic E-state index is 13.4. The minimum absolute atomic E-state index is 0.0831. The van der Waals surface area contributed by atoms with Crippen molar-refractivity contribution in [2.45, 2.75) is 24.4 Å². The van der Waals surface area contributed by atoms with Crippen LogP contribution in [0.25, 0.3) is 0 Å². The van der Waals surface area contributed by atoms with Gasteiger partial charge in [0.1, 0.15) is 11.3 Å². The average molecular weight is 490 g/mol. The lowest BCUT2D eigenvalue weighted by Gasteiger charge is -2.29. The minimum Gasteiger partial charge on any atom is -0.497 e. The van der Waals surface area contributed by atoms with Gasteiger partial charge >= 0.3 is 0 Å². The molecule has 3 atom stereocenters. The van der Waals surface area contributed by atoms with Crippen molar-refractivity contribution in [1.29, 1.82) is 0 Å². The molecule has 0 unspecified atom stereocenters. The van der Waals surface area contributed by atoms with E-state index in [9.17, 15) is 9.59 Å². The summed E-state index contributed by atoms with van der Waals surface area (Å²) in [5.74, 6) is 0.826. The van der Waals surface area contributed by atoms with Crippen molar-refractivity contribution in [2.75, 3.05) is 29.8 Å². The maximum Gasteiger partial charge on any atom is 0.250 e. The molecule has 0 aliphatic carbocycles. The topological polar surface area (TPSA) is 79.5 Å². The van der Waals surface area contributed by atoms with Gasteiger partial charge in [0.05, 0.1) is 13.0 Å². The Balaban J connectivity index is 1.68. The second-order valence-electron chi connectivity index (χ2n) is 7.58. The average Bonchev–Trinajstić information content (AvgIpc) is 3.26. The van der Waals surface area contributed by atoms with E-state index in [0.717, 1.165) is 33.6 Å². The van der Waals surface area contributed by atoms with Crippen LogP contribution in [0.3, 0.4) is 0 Å². The number of methoxy groups -OCH3 is 1. The Bertz CT molecular complexity index is 969. The summed E-state index contributed by atoms with van der Waals surface area (Å²) in [4.78, 5) is 26.7. The van der Waals surface area contributed by atoms with Crippen molar-refractivity contribution in [3.63, 3.8) is 0 Å². The van der Waals surface area contributed by atoms with E-state index in [1.807, 2.05) is 18.2 Å². The van der Waals surface area contributed by atoms with Crippen molar-refractivity contribution in [1.82, 2.24) is 5.32 Å². The molecule has 2 aromatic rings. The molecule has 8 heteroatoms. The highest BCUT2D eigenvalue weighted by Crippen LogP contribution is 2.48. The summed E-state index contributed by atoms with van der Waals surface area (Å²) in [5.41, 5.74) is 1.18. The first-order valence-corrected chi connectivity index (χ1v) is 12.0. The number of amides is 2. The standard InChI is InChI=1S/C22H24BrN3O3S/c1-29-16-6-4-14(5-7-16)24-20(27)18-12-15(9-10-30-2)26-22(18)17-11-13(23)3-8-19(17)25-21(22)28/h3-8,11,15,18,26H,9-10,12H2,1-2H3,(H,24,27)(H,25,28)/t15-,18+,22-/m0/s1. The van der Waals surface area contributed by atoms with Crippen LogP contribution in [-0.4, -0.2) is 37.0 Å². The summed E-state index contributed by atoms with van der Waals surface area (Å²) in [7, 11) is 1.60. The predicted octanol–water partition coefficient (Wildman–Crippen LogP) is 3.98. The fourth-order valence-corrected chi connectivity index (χ4v) is 5.27. The van der Waals surface area contributed by atoms with E-state index in [4.69, 9.17) is 4.74 Å². The van der Waals surface area contributed by atoms with Crippen LogP contribution in [0.1, 0.15) is 18.4 Å². The Morgan fingerprint density at radius 3 is 2.77 bits per heavy atom. The Morgan fingerprint density at radius 1 is 1.30 bits per heavy atom. The number of nitrogens with one attached hydrogen (secondary N) is 3. The summed E-state index contributed by atoms with van der Waals surface area (Å²) in [6.45, 7) is 0. The Kier molecular flexibility index (Phi) is 6.09. The zero-order valence-electron chi connectivity index (χ0n) is 16.8. The van der Waals surface area contributed by atoms with Crippen molar-refractivity contribution in [3.8, 4) is 5.75 Å². The number of carbonyl (C=O) groups is 2. The van der Waals surface area contributed by atoms with Gasteiger partial charge < -0.3 is 15.4 Å². The summed E-state index contributed by atoms with van der Waals surface area (Å²) in [6.07, 6.45) is 3.56. The predicted molar refractivity (Wildman–Crippen MR) is 124 cm³/mol. The first kappa shape index (κ1) is 21.2. The minimum atomic E-state index is -1.07. The first-order valence-electron chi connectivity index (χ1n) is 9.81. The Morgan fingerprint density at radius 2 is 2.07 bits per heavy atom. The second kappa shape index (κ2) is 8.61. The van der Waals surface area contributed by atoms with Gasteiger partial charge in [-0.3, -0.25) is 14.9 Å². The zero-order valence-corrected chi connectivity index (χ0v) is 19.2. The molecule has 30 heavy (non-hydrogen) atoms. The molecule has 1 saturated heterocycles. The first-order chi connectivity index (χ1) is 14.5. The lowest BCUT2D eigenvalue weighted by Crippen LogP contribution is -2.52. The van der Waals surface area contributed by atoms with Gasteiger partial charge in [-0.2, -0.15) is 11.8 Å². The third-order valence-corrected chi connectivity index (χ3v) is 6.97. The molecule has 158 valence electrons. The molecule has 2 aliphatic heterocycles. The molecule has 6 nitrogen and oxygen atoms in total. The van der Waals surface area contributed by atoms with E-state index in [2.05, 4.69) is 38.1 Å². The summed E-state index contributed by atoms with van der Waals surface area (Å²) in [5, 5.41) is 9.51. The van der Waals surface area contributed by atoms with Crippen LogP contribution in [0, 0.1) is 5.92 Å². The number of benzene rings is 2. The molecule has 2 amide bonds.